The fourth-order valence-corrected chi connectivity index (χ4v) is 3.58. The summed E-state index contributed by atoms with van der Waals surface area (Å²) in [5, 5.41) is 14.9. The van der Waals surface area contributed by atoms with E-state index in [4.69, 9.17) is 4.74 Å². The quantitative estimate of drug-likeness (QED) is 0.630. The van der Waals surface area contributed by atoms with Gasteiger partial charge in [-0.05, 0) is 38.5 Å². The fraction of sp³-hybridized carbons (Fsp3) is 0.238. The summed E-state index contributed by atoms with van der Waals surface area (Å²) < 4.78 is 6.88. The van der Waals surface area contributed by atoms with E-state index in [1.165, 1.54) is 11.3 Å². The zero-order valence-electron chi connectivity index (χ0n) is 16.4. The number of anilines is 1. The molecule has 0 aliphatic rings. The summed E-state index contributed by atoms with van der Waals surface area (Å²) in [5.74, 6) is -0.680. The molecular formula is C21H20N4O3S. The number of amides is 1. The lowest BCUT2D eigenvalue weighted by Gasteiger charge is -2.13. The van der Waals surface area contributed by atoms with Crippen LogP contribution in [0.2, 0.25) is 0 Å². The number of carbonyl (C=O) groups excluding carboxylic acids is 2. The third-order valence-electron chi connectivity index (χ3n) is 4.45. The first kappa shape index (κ1) is 20.3. The summed E-state index contributed by atoms with van der Waals surface area (Å²) in [6.07, 6.45) is 0.0136. The van der Waals surface area contributed by atoms with E-state index in [2.05, 4.69) is 16.4 Å². The van der Waals surface area contributed by atoms with E-state index in [-0.39, 0.29) is 6.42 Å². The highest BCUT2D eigenvalue weighted by Gasteiger charge is 2.21. The lowest BCUT2D eigenvalue weighted by molar-refractivity contribution is -0.146. The van der Waals surface area contributed by atoms with Crippen LogP contribution in [0.4, 0.5) is 5.82 Å². The number of ether oxygens (including phenoxy) is 1. The molecule has 1 amide bonds. The summed E-state index contributed by atoms with van der Waals surface area (Å²) in [7, 11) is 0. The number of benzene rings is 1. The van der Waals surface area contributed by atoms with Gasteiger partial charge in [-0.25, -0.2) is 4.98 Å². The molecule has 3 aromatic rings. The van der Waals surface area contributed by atoms with Gasteiger partial charge in [0.1, 0.15) is 11.9 Å². The highest BCUT2D eigenvalue weighted by molar-refractivity contribution is 7.09. The van der Waals surface area contributed by atoms with Gasteiger partial charge in [-0.1, -0.05) is 18.2 Å². The van der Waals surface area contributed by atoms with E-state index in [9.17, 15) is 14.9 Å². The molecule has 0 aliphatic heterocycles. The molecule has 0 aliphatic carbocycles. The number of carbonyl (C=O) groups is 2. The second-order valence-electron chi connectivity index (χ2n) is 6.46. The van der Waals surface area contributed by atoms with Gasteiger partial charge < -0.3 is 10.1 Å². The molecule has 2 aromatic heterocycles. The molecule has 0 fully saturated rings. The third-order valence-corrected chi connectivity index (χ3v) is 5.28. The molecule has 0 unspecified atom stereocenters. The van der Waals surface area contributed by atoms with Crippen LogP contribution in [0.3, 0.4) is 0 Å². The van der Waals surface area contributed by atoms with Crippen molar-refractivity contribution >= 4 is 29.0 Å². The molecule has 8 heteroatoms. The predicted molar refractivity (Wildman–Crippen MR) is 110 cm³/mol. The Hall–Kier alpha value is -3.44. The lowest BCUT2D eigenvalue weighted by atomic mass is 10.2. The lowest BCUT2D eigenvalue weighted by Crippen LogP contribution is -2.23. The predicted octanol–water partition coefficient (Wildman–Crippen LogP) is 3.46. The minimum atomic E-state index is -0.531. The van der Waals surface area contributed by atoms with Gasteiger partial charge in [-0.15, -0.1) is 11.3 Å². The van der Waals surface area contributed by atoms with Gasteiger partial charge >= 0.3 is 5.97 Å². The Balaban J connectivity index is 1.74. The Morgan fingerprint density at radius 2 is 1.97 bits per heavy atom. The van der Waals surface area contributed by atoms with Crippen LogP contribution in [-0.2, 0) is 20.7 Å². The molecule has 2 heterocycles. The molecule has 1 aromatic carbocycles. The van der Waals surface area contributed by atoms with Gasteiger partial charge in [0.25, 0.3) is 5.91 Å². The first-order valence-electron chi connectivity index (χ1n) is 8.94. The van der Waals surface area contributed by atoms with Gasteiger partial charge in [0, 0.05) is 16.8 Å². The number of nitrogens with one attached hydrogen (secondary N) is 1. The van der Waals surface area contributed by atoms with Crippen LogP contribution in [-0.4, -0.2) is 28.0 Å². The van der Waals surface area contributed by atoms with E-state index in [0.29, 0.717) is 17.1 Å². The van der Waals surface area contributed by atoms with Crippen molar-refractivity contribution in [1.29, 1.82) is 5.26 Å². The molecule has 0 radical (unpaired) electrons. The van der Waals surface area contributed by atoms with Gasteiger partial charge in [0.2, 0.25) is 0 Å². The van der Waals surface area contributed by atoms with Crippen molar-refractivity contribution in [3.05, 3.63) is 63.2 Å². The van der Waals surface area contributed by atoms with E-state index in [0.717, 1.165) is 22.0 Å². The highest BCUT2D eigenvalue weighted by atomic mass is 32.1. The number of thiazole rings is 1. The van der Waals surface area contributed by atoms with Gasteiger partial charge in [0.15, 0.2) is 6.61 Å². The summed E-state index contributed by atoms with van der Waals surface area (Å²) in [6.45, 7) is 5.13. The minimum absolute atomic E-state index is 0.0136. The van der Waals surface area contributed by atoms with Crippen molar-refractivity contribution in [1.82, 2.24) is 9.55 Å². The number of para-hydroxylation sites is 1. The van der Waals surface area contributed by atoms with Crippen molar-refractivity contribution in [3.8, 4) is 11.8 Å². The van der Waals surface area contributed by atoms with Crippen molar-refractivity contribution in [2.24, 2.45) is 0 Å². The summed E-state index contributed by atoms with van der Waals surface area (Å²) in [6, 6.07) is 11.6. The van der Waals surface area contributed by atoms with Crippen LogP contribution in [0.25, 0.3) is 5.69 Å². The van der Waals surface area contributed by atoms with E-state index >= 15 is 0 Å². The van der Waals surface area contributed by atoms with Crippen molar-refractivity contribution in [3.63, 3.8) is 0 Å². The first-order chi connectivity index (χ1) is 13.9. The van der Waals surface area contributed by atoms with Crippen LogP contribution >= 0.6 is 11.3 Å². The number of esters is 1. The second kappa shape index (κ2) is 8.71. The summed E-state index contributed by atoms with van der Waals surface area (Å²) in [5.41, 5.74) is 3.44. The van der Waals surface area contributed by atoms with E-state index in [1.54, 1.807) is 5.38 Å². The molecule has 0 bridgehead atoms. The molecule has 0 atom stereocenters. The maximum atomic E-state index is 12.4. The zero-order chi connectivity index (χ0) is 21.0. The largest absolute Gasteiger partial charge is 0.455 e. The van der Waals surface area contributed by atoms with Crippen LogP contribution in [0.15, 0.2) is 35.7 Å². The van der Waals surface area contributed by atoms with Crippen LogP contribution in [0.1, 0.15) is 27.5 Å². The average molecular weight is 408 g/mol. The van der Waals surface area contributed by atoms with Crippen LogP contribution < -0.4 is 5.32 Å². The number of rotatable bonds is 6. The molecule has 0 spiro atoms. The molecule has 7 nitrogen and oxygen atoms in total. The van der Waals surface area contributed by atoms with Crippen molar-refractivity contribution in [2.75, 3.05) is 11.9 Å². The number of aromatic nitrogens is 2. The molecule has 1 N–H and O–H groups in total. The molecule has 0 saturated carbocycles. The van der Waals surface area contributed by atoms with Gasteiger partial charge in [-0.3, -0.25) is 14.2 Å². The number of hydrogen-bond donors (Lipinski definition) is 1. The number of nitriles is 1. The Kier molecular flexibility index (Phi) is 6.10. The average Bonchev–Trinajstić information content (AvgIpc) is 3.21. The summed E-state index contributed by atoms with van der Waals surface area (Å²) in [4.78, 5) is 28.6. The first-order valence-corrected chi connectivity index (χ1v) is 9.82. The molecule has 3 rings (SSSR count). The topological polar surface area (TPSA) is 97.0 Å². The Morgan fingerprint density at radius 3 is 2.59 bits per heavy atom. The van der Waals surface area contributed by atoms with E-state index < -0.39 is 18.5 Å². The monoisotopic (exact) mass is 408 g/mol. The highest BCUT2D eigenvalue weighted by Crippen LogP contribution is 2.29. The maximum absolute atomic E-state index is 12.4. The SMILES string of the molecule is Cc1nc(CC(=O)OCC(=O)Nc2c(C#N)c(C)c(C)n2-c2ccccc2)cs1. The molecular weight excluding hydrogens is 388 g/mol. The van der Waals surface area contributed by atoms with Crippen LogP contribution in [0, 0.1) is 32.1 Å². The second-order valence-corrected chi connectivity index (χ2v) is 7.52. The zero-order valence-corrected chi connectivity index (χ0v) is 17.2. The Morgan fingerprint density at radius 1 is 1.24 bits per heavy atom. The molecule has 0 saturated heterocycles. The number of nitrogens with zero attached hydrogens (tertiary/aromatic N) is 3. The fourth-order valence-electron chi connectivity index (χ4n) is 2.96. The smallest absolute Gasteiger partial charge is 0.312 e. The van der Waals surface area contributed by atoms with Crippen molar-refractivity contribution < 1.29 is 14.3 Å². The molecule has 29 heavy (non-hydrogen) atoms. The third kappa shape index (κ3) is 4.52. The number of hydrogen-bond acceptors (Lipinski definition) is 6. The van der Waals surface area contributed by atoms with Crippen molar-refractivity contribution in [2.45, 2.75) is 27.2 Å². The number of aryl methyl sites for hydroxylation is 1. The van der Waals surface area contributed by atoms with Gasteiger partial charge in [0.05, 0.1) is 22.7 Å². The Labute approximate surface area is 172 Å². The Bertz CT molecular complexity index is 1090. The van der Waals surface area contributed by atoms with E-state index in [1.807, 2.05) is 55.7 Å². The minimum Gasteiger partial charge on any atom is -0.455 e. The maximum Gasteiger partial charge on any atom is 0.312 e. The summed E-state index contributed by atoms with van der Waals surface area (Å²) >= 11 is 1.45. The standard InChI is InChI=1S/C21H20N4O3S/c1-13-14(2)25(17-7-5-4-6-8-17)21(18(13)10-22)24-19(26)11-28-20(27)9-16-12-29-15(3)23-16/h4-8,12H,9,11H2,1-3H3,(H,24,26). The van der Waals surface area contributed by atoms with Gasteiger partial charge in [-0.2, -0.15) is 5.26 Å². The van der Waals surface area contributed by atoms with Crippen LogP contribution in [0.5, 0.6) is 0 Å². The molecule has 148 valence electrons. The normalized spacial score (nSPS) is 10.4.